The van der Waals surface area contributed by atoms with Gasteiger partial charge in [-0.05, 0) is 34.6 Å². The van der Waals surface area contributed by atoms with E-state index in [1.807, 2.05) is 0 Å². The van der Waals surface area contributed by atoms with Gasteiger partial charge in [-0.25, -0.2) is 0 Å². The van der Waals surface area contributed by atoms with Gasteiger partial charge in [-0.1, -0.05) is 54.6 Å². The molecule has 0 aliphatic carbocycles. The summed E-state index contributed by atoms with van der Waals surface area (Å²) in [5.41, 5.74) is 3.94. The number of benzene rings is 3. The van der Waals surface area contributed by atoms with Crippen LogP contribution in [-0.2, 0) is 0 Å². The van der Waals surface area contributed by atoms with Crippen molar-refractivity contribution < 1.29 is 0 Å². The van der Waals surface area contributed by atoms with Crippen molar-refractivity contribution in [1.82, 2.24) is 0 Å². The van der Waals surface area contributed by atoms with Gasteiger partial charge in [0.25, 0.3) is 0 Å². The second-order valence-corrected chi connectivity index (χ2v) is 6.98. The number of rotatable bonds is 1. The molecule has 0 radical (unpaired) electrons. The summed E-state index contributed by atoms with van der Waals surface area (Å²) in [5.74, 6) is 0. The second-order valence-electron chi connectivity index (χ2n) is 5.11. The number of fused-ring (bicyclic) bond motifs is 2. The third kappa shape index (κ3) is 1.77. The van der Waals surface area contributed by atoms with Crippen molar-refractivity contribution in [1.29, 1.82) is 0 Å². The lowest BCUT2D eigenvalue weighted by atomic mass is 10.2. The van der Waals surface area contributed by atoms with Crippen LogP contribution in [0.4, 0.5) is 17.1 Å². The quantitative estimate of drug-likeness (QED) is 0.482. The van der Waals surface area contributed by atoms with Crippen molar-refractivity contribution in [2.45, 2.75) is 0 Å². The van der Waals surface area contributed by atoms with Gasteiger partial charge in [0.05, 0.1) is 9.52 Å². The largest absolute Gasteiger partial charge is 0.311 e. The Labute approximate surface area is 121 Å². The van der Waals surface area contributed by atoms with Crippen LogP contribution in [0.5, 0.6) is 0 Å². The molecular formula is C18H15NSi. The topological polar surface area (TPSA) is 3.24 Å². The van der Waals surface area contributed by atoms with Gasteiger partial charge in [-0.3, -0.25) is 0 Å². The van der Waals surface area contributed by atoms with Gasteiger partial charge in [0.2, 0.25) is 0 Å². The van der Waals surface area contributed by atoms with Crippen molar-refractivity contribution >= 4 is 37.0 Å². The molecule has 20 heavy (non-hydrogen) atoms. The monoisotopic (exact) mass is 273 g/mol. The van der Waals surface area contributed by atoms with Crippen LogP contribution >= 0.6 is 0 Å². The SMILES string of the molecule is c1ccc(N2c3ccccc3[SiH2]c3ccccc32)cc1. The Morgan fingerprint density at radius 2 is 1.05 bits per heavy atom. The maximum Gasteiger partial charge on any atom is 0.0929 e. The van der Waals surface area contributed by atoms with E-state index in [0.717, 1.165) is 0 Å². The summed E-state index contributed by atoms with van der Waals surface area (Å²) in [6.07, 6.45) is 0. The zero-order valence-corrected chi connectivity index (χ0v) is 12.6. The Balaban J connectivity index is 1.98. The van der Waals surface area contributed by atoms with E-state index in [9.17, 15) is 0 Å². The predicted molar refractivity (Wildman–Crippen MR) is 88.9 cm³/mol. The fourth-order valence-electron chi connectivity index (χ4n) is 2.95. The molecule has 1 nitrogen and oxygen atoms in total. The lowest BCUT2D eigenvalue weighted by Gasteiger charge is -2.33. The van der Waals surface area contributed by atoms with Crippen molar-refractivity contribution in [3.05, 3.63) is 78.9 Å². The number of hydrogen-bond donors (Lipinski definition) is 0. The molecule has 1 aliphatic rings. The molecule has 1 aliphatic heterocycles. The van der Waals surface area contributed by atoms with Crippen LogP contribution in [0.25, 0.3) is 0 Å². The van der Waals surface area contributed by atoms with E-state index in [0.29, 0.717) is 0 Å². The molecular weight excluding hydrogens is 258 g/mol. The molecule has 0 bridgehead atoms. The number of nitrogens with zero attached hydrogens (tertiary/aromatic N) is 1. The molecule has 3 aromatic rings. The first-order chi connectivity index (χ1) is 9.93. The van der Waals surface area contributed by atoms with E-state index in [2.05, 4.69) is 83.8 Å². The van der Waals surface area contributed by atoms with E-state index in [1.165, 1.54) is 27.4 Å². The van der Waals surface area contributed by atoms with Gasteiger partial charge in [-0.15, -0.1) is 0 Å². The van der Waals surface area contributed by atoms with Crippen LogP contribution in [-0.4, -0.2) is 9.52 Å². The molecule has 2 heteroatoms. The third-order valence-corrected chi connectivity index (χ3v) is 5.82. The minimum absolute atomic E-state index is 0.373. The van der Waals surface area contributed by atoms with Crippen molar-refractivity contribution in [2.24, 2.45) is 0 Å². The molecule has 0 saturated heterocycles. The average Bonchev–Trinajstić information content (AvgIpc) is 2.53. The van der Waals surface area contributed by atoms with Crippen LogP contribution in [0, 0.1) is 0 Å². The summed E-state index contributed by atoms with van der Waals surface area (Å²) in [6.45, 7) is 0. The van der Waals surface area contributed by atoms with Crippen molar-refractivity contribution in [2.75, 3.05) is 4.90 Å². The highest BCUT2D eigenvalue weighted by molar-refractivity contribution is 6.71. The first-order valence-corrected chi connectivity index (χ1v) is 8.36. The van der Waals surface area contributed by atoms with Crippen molar-refractivity contribution in [3.8, 4) is 0 Å². The molecule has 96 valence electrons. The third-order valence-electron chi connectivity index (χ3n) is 3.86. The second kappa shape index (κ2) is 4.65. The molecule has 0 unspecified atom stereocenters. The van der Waals surface area contributed by atoms with Crippen molar-refractivity contribution in [3.63, 3.8) is 0 Å². The maximum absolute atomic E-state index is 2.39. The Bertz CT molecular complexity index is 707. The predicted octanol–water partition coefficient (Wildman–Crippen LogP) is 2.59. The molecule has 0 atom stereocenters. The summed E-state index contributed by atoms with van der Waals surface area (Å²) in [7, 11) is -0.373. The summed E-state index contributed by atoms with van der Waals surface area (Å²) in [4.78, 5) is 2.39. The van der Waals surface area contributed by atoms with Gasteiger partial charge in [0.1, 0.15) is 0 Å². The highest BCUT2D eigenvalue weighted by Crippen LogP contribution is 2.33. The van der Waals surface area contributed by atoms with E-state index < -0.39 is 0 Å². The molecule has 4 rings (SSSR count). The Kier molecular flexibility index (Phi) is 2.68. The number of anilines is 3. The van der Waals surface area contributed by atoms with E-state index in [-0.39, 0.29) is 9.52 Å². The molecule has 0 saturated carbocycles. The first kappa shape index (κ1) is 11.5. The summed E-state index contributed by atoms with van der Waals surface area (Å²) in [5, 5.41) is 3.05. The molecule has 0 amide bonds. The maximum atomic E-state index is 2.39. The van der Waals surface area contributed by atoms with Gasteiger partial charge < -0.3 is 4.90 Å². The highest BCUT2D eigenvalue weighted by Gasteiger charge is 2.22. The number of hydrogen-bond acceptors (Lipinski definition) is 1. The van der Waals surface area contributed by atoms with Gasteiger partial charge in [-0.2, -0.15) is 0 Å². The minimum atomic E-state index is -0.373. The standard InChI is InChI=1S/C18H15NSi/c1-2-8-14(9-3-1)19-15-10-4-6-12-17(15)20-18-13-7-5-11-16(18)19/h1-13H,20H2. The zero-order valence-electron chi connectivity index (χ0n) is 11.2. The summed E-state index contributed by atoms with van der Waals surface area (Å²) < 4.78 is 0. The zero-order chi connectivity index (χ0) is 13.4. The smallest absolute Gasteiger partial charge is 0.0929 e. The fourth-order valence-corrected chi connectivity index (χ4v) is 4.78. The molecule has 0 fully saturated rings. The highest BCUT2D eigenvalue weighted by atomic mass is 28.2. The molecule has 3 aromatic carbocycles. The molecule has 0 aromatic heterocycles. The van der Waals surface area contributed by atoms with Crippen LogP contribution in [0.3, 0.4) is 0 Å². The lowest BCUT2D eigenvalue weighted by Crippen LogP contribution is -2.39. The van der Waals surface area contributed by atoms with E-state index in [1.54, 1.807) is 0 Å². The Morgan fingerprint density at radius 1 is 0.550 bits per heavy atom. The van der Waals surface area contributed by atoms with Crippen LogP contribution < -0.4 is 15.3 Å². The van der Waals surface area contributed by atoms with Crippen LogP contribution in [0.1, 0.15) is 0 Å². The Morgan fingerprint density at radius 3 is 1.65 bits per heavy atom. The molecule has 0 spiro atoms. The van der Waals surface area contributed by atoms with Gasteiger partial charge >= 0.3 is 0 Å². The lowest BCUT2D eigenvalue weighted by molar-refractivity contribution is 1.30. The van der Waals surface area contributed by atoms with Gasteiger partial charge in [0.15, 0.2) is 0 Å². The van der Waals surface area contributed by atoms with Crippen LogP contribution in [0.2, 0.25) is 0 Å². The summed E-state index contributed by atoms with van der Waals surface area (Å²) in [6, 6.07) is 28.3. The number of para-hydroxylation sites is 3. The molecule has 0 N–H and O–H groups in total. The van der Waals surface area contributed by atoms with E-state index in [4.69, 9.17) is 0 Å². The first-order valence-electron chi connectivity index (χ1n) is 6.94. The van der Waals surface area contributed by atoms with Gasteiger partial charge in [0, 0.05) is 17.1 Å². The Hall–Kier alpha value is -2.32. The van der Waals surface area contributed by atoms with E-state index >= 15 is 0 Å². The average molecular weight is 273 g/mol. The van der Waals surface area contributed by atoms with Crippen LogP contribution in [0.15, 0.2) is 78.9 Å². The normalized spacial score (nSPS) is 12.7. The summed E-state index contributed by atoms with van der Waals surface area (Å²) >= 11 is 0. The minimum Gasteiger partial charge on any atom is -0.311 e. The fraction of sp³-hybridized carbons (Fsp3) is 0. The molecule has 1 heterocycles.